The molecule has 0 unspecified atom stereocenters. The van der Waals surface area contributed by atoms with Crippen LogP contribution in [0.3, 0.4) is 0 Å². The Labute approximate surface area is 66.2 Å². The van der Waals surface area contributed by atoms with Crippen LogP contribution in [0.1, 0.15) is 32.6 Å². The van der Waals surface area contributed by atoms with Gasteiger partial charge in [-0.1, -0.05) is 0 Å². The maximum atomic E-state index is 10.9. The van der Waals surface area contributed by atoms with Crippen molar-refractivity contribution in [3.63, 3.8) is 0 Å². The number of rotatable bonds is 3. The van der Waals surface area contributed by atoms with E-state index in [1.807, 2.05) is 0 Å². The van der Waals surface area contributed by atoms with Gasteiger partial charge in [-0.2, -0.15) is 0 Å². The van der Waals surface area contributed by atoms with E-state index in [9.17, 15) is 4.79 Å². The van der Waals surface area contributed by atoms with Gasteiger partial charge in [-0.3, -0.25) is 4.79 Å². The maximum Gasteiger partial charge on any atom is 0.311 e. The van der Waals surface area contributed by atoms with Gasteiger partial charge >= 0.3 is 5.97 Å². The molecular formula is C8H13NO2. The minimum absolute atomic E-state index is 0.149. The van der Waals surface area contributed by atoms with Gasteiger partial charge in [0.2, 0.25) is 0 Å². The largest absolute Gasteiger partial charge is 0.462 e. The van der Waals surface area contributed by atoms with Crippen molar-refractivity contribution in [1.29, 1.82) is 5.41 Å². The molecular weight excluding hydrogens is 142 g/mol. The molecule has 0 atom stereocenters. The standard InChI is InChI=1S/C8H13NO2/c1-6(9)5-8(10)11-7-3-2-4-7/h7,9H,2-5H2,1H3. The predicted molar refractivity (Wildman–Crippen MR) is 41.7 cm³/mol. The van der Waals surface area contributed by atoms with Gasteiger partial charge in [-0.15, -0.1) is 0 Å². The topological polar surface area (TPSA) is 50.2 Å². The maximum absolute atomic E-state index is 10.9. The van der Waals surface area contributed by atoms with Crippen LogP contribution in [0, 0.1) is 5.41 Å². The Hall–Kier alpha value is -0.860. The SMILES string of the molecule is CC(=N)CC(=O)OC1CCC1. The van der Waals surface area contributed by atoms with Crippen molar-refractivity contribution < 1.29 is 9.53 Å². The lowest BCUT2D eigenvalue weighted by Gasteiger charge is -2.24. The second-order valence-electron chi connectivity index (χ2n) is 3.00. The summed E-state index contributed by atoms with van der Waals surface area (Å²) in [6, 6.07) is 0. The summed E-state index contributed by atoms with van der Waals surface area (Å²) in [5, 5.41) is 7.04. The second-order valence-corrected chi connectivity index (χ2v) is 3.00. The van der Waals surface area contributed by atoms with E-state index in [0.717, 1.165) is 12.8 Å². The highest BCUT2D eigenvalue weighted by Gasteiger charge is 2.21. The fourth-order valence-corrected chi connectivity index (χ4v) is 0.933. The molecule has 11 heavy (non-hydrogen) atoms. The minimum Gasteiger partial charge on any atom is -0.462 e. The van der Waals surface area contributed by atoms with Crippen LogP contribution in [-0.4, -0.2) is 17.8 Å². The molecule has 0 aliphatic heterocycles. The average Bonchev–Trinajstić information content (AvgIpc) is 1.77. The zero-order chi connectivity index (χ0) is 8.27. The number of carbonyl (C=O) groups excluding carboxylic acids is 1. The van der Waals surface area contributed by atoms with Gasteiger partial charge in [0.15, 0.2) is 0 Å². The van der Waals surface area contributed by atoms with Gasteiger partial charge in [0.25, 0.3) is 0 Å². The average molecular weight is 155 g/mol. The number of hydrogen-bond acceptors (Lipinski definition) is 3. The number of hydrogen-bond donors (Lipinski definition) is 1. The summed E-state index contributed by atoms with van der Waals surface area (Å²) in [5.41, 5.74) is 0.370. The minimum atomic E-state index is -0.248. The van der Waals surface area contributed by atoms with Crippen molar-refractivity contribution in [2.75, 3.05) is 0 Å². The predicted octanol–water partition coefficient (Wildman–Crippen LogP) is 1.51. The van der Waals surface area contributed by atoms with Crippen LogP contribution in [0.25, 0.3) is 0 Å². The molecule has 1 aliphatic carbocycles. The van der Waals surface area contributed by atoms with E-state index < -0.39 is 0 Å². The quantitative estimate of drug-likeness (QED) is 0.496. The second kappa shape index (κ2) is 3.51. The van der Waals surface area contributed by atoms with Gasteiger partial charge in [-0.05, 0) is 26.2 Å². The van der Waals surface area contributed by atoms with E-state index in [4.69, 9.17) is 10.1 Å². The first-order valence-corrected chi connectivity index (χ1v) is 3.92. The molecule has 0 radical (unpaired) electrons. The summed E-state index contributed by atoms with van der Waals surface area (Å²) < 4.78 is 5.02. The molecule has 0 amide bonds. The van der Waals surface area contributed by atoms with Crippen LogP contribution in [0.15, 0.2) is 0 Å². The van der Waals surface area contributed by atoms with Crippen molar-refractivity contribution in [2.24, 2.45) is 0 Å². The number of nitrogens with one attached hydrogen (secondary N) is 1. The molecule has 1 saturated carbocycles. The van der Waals surface area contributed by atoms with Crippen LogP contribution in [0.5, 0.6) is 0 Å². The first-order chi connectivity index (χ1) is 5.18. The summed E-state index contributed by atoms with van der Waals surface area (Å²) in [5.74, 6) is -0.248. The number of carbonyl (C=O) groups is 1. The van der Waals surface area contributed by atoms with E-state index in [0.29, 0.717) is 5.71 Å². The lowest BCUT2D eigenvalue weighted by Crippen LogP contribution is -2.25. The van der Waals surface area contributed by atoms with Crippen molar-refractivity contribution in [3.05, 3.63) is 0 Å². The van der Waals surface area contributed by atoms with Crippen molar-refractivity contribution in [2.45, 2.75) is 38.7 Å². The van der Waals surface area contributed by atoms with E-state index in [2.05, 4.69) is 0 Å². The van der Waals surface area contributed by atoms with Gasteiger partial charge in [0.1, 0.15) is 6.10 Å². The molecule has 0 saturated heterocycles. The highest BCUT2D eigenvalue weighted by Crippen LogP contribution is 2.22. The highest BCUT2D eigenvalue weighted by molar-refractivity contribution is 5.95. The monoisotopic (exact) mass is 155 g/mol. The van der Waals surface area contributed by atoms with E-state index in [1.54, 1.807) is 6.92 Å². The normalized spacial score (nSPS) is 17.2. The number of esters is 1. The summed E-state index contributed by atoms with van der Waals surface area (Å²) in [6.07, 6.45) is 3.48. The number of ether oxygens (including phenoxy) is 1. The Bertz CT molecular complexity index is 173. The van der Waals surface area contributed by atoms with E-state index in [1.165, 1.54) is 6.42 Å². The smallest absolute Gasteiger partial charge is 0.311 e. The lowest BCUT2D eigenvalue weighted by molar-refractivity contribution is -0.151. The fraction of sp³-hybridized carbons (Fsp3) is 0.750. The van der Waals surface area contributed by atoms with Gasteiger partial charge in [-0.25, -0.2) is 0 Å². The molecule has 3 nitrogen and oxygen atoms in total. The summed E-state index contributed by atoms with van der Waals surface area (Å²) in [7, 11) is 0. The van der Waals surface area contributed by atoms with E-state index in [-0.39, 0.29) is 18.5 Å². The molecule has 62 valence electrons. The van der Waals surface area contributed by atoms with Gasteiger partial charge in [0.05, 0.1) is 6.42 Å². The molecule has 1 fully saturated rings. The fourth-order valence-electron chi connectivity index (χ4n) is 0.933. The third kappa shape index (κ3) is 2.70. The van der Waals surface area contributed by atoms with Crippen LogP contribution in [0.4, 0.5) is 0 Å². The van der Waals surface area contributed by atoms with Crippen LogP contribution >= 0.6 is 0 Å². The Balaban J connectivity index is 2.14. The third-order valence-corrected chi connectivity index (χ3v) is 1.76. The lowest BCUT2D eigenvalue weighted by atomic mass is 9.96. The highest BCUT2D eigenvalue weighted by atomic mass is 16.5. The zero-order valence-corrected chi connectivity index (χ0v) is 6.72. The van der Waals surface area contributed by atoms with Crippen molar-refractivity contribution in [3.8, 4) is 0 Å². The molecule has 0 aromatic rings. The summed E-state index contributed by atoms with van der Waals surface area (Å²) in [6.45, 7) is 1.61. The van der Waals surface area contributed by atoms with Crippen molar-refractivity contribution in [1.82, 2.24) is 0 Å². The molecule has 3 heteroatoms. The van der Waals surface area contributed by atoms with Crippen LogP contribution < -0.4 is 0 Å². The van der Waals surface area contributed by atoms with Crippen LogP contribution in [-0.2, 0) is 9.53 Å². The molecule has 1 aliphatic rings. The van der Waals surface area contributed by atoms with Crippen molar-refractivity contribution >= 4 is 11.7 Å². The molecule has 0 spiro atoms. The zero-order valence-electron chi connectivity index (χ0n) is 6.72. The molecule has 0 heterocycles. The Morgan fingerprint density at radius 3 is 2.64 bits per heavy atom. The molecule has 0 aromatic heterocycles. The Morgan fingerprint density at radius 1 is 1.64 bits per heavy atom. The summed E-state index contributed by atoms with van der Waals surface area (Å²) >= 11 is 0. The Kier molecular flexibility index (Phi) is 2.63. The Morgan fingerprint density at radius 2 is 2.27 bits per heavy atom. The molecule has 0 bridgehead atoms. The molecule has 0 aromatic carbocycles. The first-order valence-electron chi connectivity index (χ1n) is 3.92. The third-order valence-electron chi connectivity index (χ3n) is 1.76. The summed E-state index contributed by atoms with van der Waals surface area (Å²) in [4.78, 5) is 10.9. The van der Waals surface area contributed by atoms with Gasteiger partial charge in [0, 0.05) is 5.71 Å². The van der Waals surface area contributed by atoms with Gasteiger partial charge < -0.3 is 10.1 Å². The molecule has 1 N–H and O–H groups in total. The molecule has 1 rings (SSSR count). The first kappa shape index (κ1) is 8.24. The van der Waals surface area contributed by atoms with E-state index >= 15 is 0 Å². The van der Waals surface area contributed by atoms with Crippen LogP contribution in [0.2, 0.25) is 0 Å².